The first-order valence-corrected chi connectivity index (χ1v) is 13.2. The summed E-state index contributed by atoms with van der Waals surface area (Å²) in [5.41, 5.74) is 2.08. The number of thiocarbonyl (C=S) groups is 1. The number of methoxy groups -OCH3 is 1. The molecule has 0 bridgehead atoms. The molecule has 198 valence electrons. The molecule has 4 rings (SSSR count). The highest BCUT2D eigenvalue weighted by atomic mass is 35.5. The van der Waals surface area contributed by atoms with E-state index in [1.807, 2.05) is 13.0 Å². The van der Waals surface area contributed by atoms with E-state index in [-0.39, 0.29) is 18.2 Å². The summed E-state index contributed by atoms with van der Waals surface area (Å²) in [6, 6.07) is 18.6. The largest absolute Gasteiger partial charge is 0.497 e. The van der Waals surface area contributed by atoms with E-state index in [4.69, 9.17) is 44.9 Å². The fourth-order valence-electron chi connectivity index (χ4n) is 4.21. The van der Waals surface area contributed by atoms with E-state index in [0.29, 0.717) is 57.6 Å². The summed E-state index contributed by atoms with van der Waals surface area (Å²) >= 11 is 18.2. The van der Waals surface area contributed by atoms with E-state index in [9.17, 15) is 9.59 Å². The van der Waals surface area contributed by atoms with Gasteiger partial charge in [0.25, 0.3) is 5.91 Å². The molecule has 1 fully saturated rings. The van der Waals surface area contributed by atoms with E-state index >= 15 is 0 Å². The fraction of sp³-hybridized carbons (Fsp3) is 0.250. The van der Waals surface area contributed by atoms with Gasteiger partial charge in [-0.25, -0.2) is 0 Å². The Morgan fingerprint density at radius 1 is 1.03 bits per heavy atom. The van der Waals surface area contributed by atoms with Gasteiger partial charge in [-0.2, -0.15) is 0 Å². The normalized spacial score (nSPS) is 15.1. The first-order valence-electron chi connectivity index (χ1n) is 12.1. The Hall–Kier alpha value is -3.33. The van der Waals surface area contributed by atoms with Crippen LogP contribution in [-0.4, -0.2) is 48.1 Å². The van der Waals surface area contributed by atoms with Crippen LogP contribution in [-0.2, 0) is 16.0 Å². The summed E-state index contributed by atoms with van der Waals surface area (Å²) < 4.78 is 10.7. The average Bonchev–Trinajstić information content (AvgIpc) is 3.13. The van der Waals surface area contributed by atoms with Crippen molar-refractivity contribution in [2.24, 2.45) is 0 Å². The van der Waals surface area contributed by atoms with Crippen molar-refractivity contribution in [3.8, 4) is 11.5 Å². The van der Waals surface area contributed by atoms with Gasteiger partial charge in [0, 0.05) is 22.3 Å². The molecule has 1 aliphatic rings. The molecule has 10 heteroatoms. The topological polar surface area (TPSA) is 71.1 Å². The molecule has 1 unspecified atom stereocenters. The Kier molecular flexibility index (Phi) is 9.09. The third kappa shape index (κ3) is 6.38. The van der Waals surface area contributed by atoms with Crippen molar-refractivity contribution in [1.82, 2.24) is 4.90 Å². The number of carbonyl (C=O) groups excluding carboxylic acids is 2. The molecule has 0 radical (unpaired) electrons. The summed E-state index contributed by atoms with van der Waals surface area (Å²) in [5, 5.41) is 4.26. The number of nitrogens with one attached hydrogen (secondary N) is 1. The van der Waals surface area contributed by atoms with Gasteiger partial charge in [0.2, 0.25) is 5.91 Å². The smallest absolute Gasteiger partial charge is 0.256 e. The molecule has 7 nitrogen and oxygen atoms in total. The summed E-state index contributed by atoms with van der Waals surface area (Å²) in [5.74, 6) is 0.793. The first-order chi connectivity index (χ1) is 18.3. The number of nitrogens with zero attached hydrogens (tertiary/aromatic N) is 2. The second-order valence-electron chi connectivity index (χ2n) is 8.56. The maximum absolute atomic E-state index is 13.6. The number of rotatable bonds is 10. The van der Waals surface area contributed by atoms with Crippen LogP contribution in [0.1, 0.15) is 18.9 Å². The Morgan fingerprint density at radius 2 is 1.71 bits per heavy atom. The monoisotopic (exact) mass is 571 g/mol. The van der Waals surface area contributed by atoms with E-state index in [0.717, 1.165) is 5.56 Å². The van der Waals surface area contributed by atoms with Gasteiger partial charge in [-0.15, -0.1) is 0 Å². The van der Waals surface area contributed by atoms with Gasteiger partial charge in [-0.3, -0.25) is 14.5 Å². The van der Waals surface area contributed by atoms with Crippen LogP contribution in [0.2, 0.25) is 10.0 Å². The van der Waals surface area contributed by atoms with E-state index in [1.54, 1.807) is 72.7 Å². The standard InChI is InChI=1S/C28H27Cl2N3O4S/c1-3-37-23-10-6-20(7-11-23)31-26(34)17-25-27(35)33(21-8-12-22(36-2)13-9-21)28(38)32(25)15-14-18-4-5-19(29)16-24(18)30/h4-13,16,25H,3,14-15,17H2,1-2H3,(H,31,34). The zero-order valence-electron chi connectivity index (χ0n) is 20.9. The van der Waals surface area contributed by atoms with Crippen molar-refractivity contribution in [3.63, 3.8) is 0 Å². The zero-order chi connectivity index (χ0) is 27.2. The zero-order valence-corrected chi connectivity index (χ0v) is 23.3. The van der Waals surface area contributed by atoms with Crippen LogP contribution in [0.5, 0.6) is 11.5 Å². The molecule has 1 heterocycles. The number of halogens is 2. The van der Waals surface area contributed by atoms with Gasteiger partial charge in [-0.1, -0.05) is 29.3 Å². The molecule has 3 aromatic carbocycles. The molecule has 1 atom stereocenters. The molecule has 0 saturated carbocycles. The Morgan fingerprint density at radius 3 is 2.34 bits per heavy atom. The second kappa shape index (κ2) is 12.5. The average molecular weight is 573 g/mol. The lowest BCUT2D eigenvalue weighted by atomic mass is 10.1. The van der Waals surface area contributed by atoms with Crippen molar-refractivity contribution in [2.75, 3.05) is 30.5 Å². The molecule has 0 spiro atoms. The van der Waals surface area contributed by atoms with Gasteiger partial charge in [-0.05, 0) is 91.8 Å². The minimum absolute atomic E-state index is 0.0762. The third-order valence-corrected chi connectivity index (χ3v) is 7.12. The van der Waals surface area contributed by atoms with Crippen LogP contribution in [0, 0.1) is 0 Å². The minimum Gasteiger partial charge on any atom is -0.497 e. The number of hydrogen-bond acceptors (Lipinski definition) is 5. The summed E-state index contributed by atoms with van der Waals surface area (Å²) in [7, 11) is 1.57. The molecule has 3 aromatic rings. The van der Waals surface area contributed by atoms with Crippen molar-refractivity contribution in [2.45, 2.75) is 25.8 Å². The van der Waals surface area contributed by atoms with Crippen molar-refractivity contribution < 1.29 is 19.1 Å². The SMILES string of the molecule is CCOc1ccc(NC(=O)CC2C(=O)N(c3ccc(OC)cc3)C(=S)N2CCc2ccc(Cl)cc2Cl)cc1. The van der Waals surface area contributed by atoms with Crippen molar-refractivity contribution in [3.05, 3.63) is 82.3 Å². The van der Waals surface area contributed by atoms with Gasteiger partial charge in [0.05, 0.1) is 25.8 Å². The highest BCUT2D eigenvalue weighted by molar-refractivity contribution is 7.80. The van der Waals surface area contributed by atoms with E-state index < -0.39 is 6.04 Å². The van der Waals surface area contributed by atoms with Gasteiger partial charge < -0.3 is 19.7 Å². The second-order valence-corrected chi connectivity index (χ2v) is 9.77. The summed E-state index contributed by atoms with van der Waals surface area (Å²) in [6.45, 7) is 2.84. The van der Waals surface area contributed by atoms with Crippen LogP contribution in [0.3, 0.4) is 0 Å². The molecule has 2 amide bonds. The molecular weight excluding hydrogens is 545 g/mol. The number of carbonyl (C=O) groups is 2. The Balaban J connectivity index is 1.54. The molecule has 38 heavy (non-hydrogen) atoms. The van der Waals surface area contributed by atoms with Gasteiger partial charge in [0.1, 0.15) is 17.5 Å². The maximum atomic E-state index is 13.6. The number of anilines is 2. The van der Waals surface area contributed by atoms with E-state index in [1.165, 1.54) is 4.90 Å². The molecular formula is C28H27Cl2N3O4S. The Bertz CT molecular complexity index is 1320. The molecule has 1 N–H and O–H groups in total. The van der Waals surface area contributed by atoms with Crippen LogP contribution in [0.4, 0.5) is 11.4 Å². The molecule has 1 aliphatic heterocycles. The lowest BCUT2D eigenvalue weighted by Gasteiger charge is -2.24. The van der Waals surface area contributed by atoms with Crippen molar-refractivity contribution in [1.29, 1.82) is 0 Å². The predicted octanol–water partition coefficient (Wildman–Crippen LogP) is 5.97. The predicted molar refractivity (Wildman–Crippen MR) is 155 cm³/mol. The highest BCUT2D eigenvalue weighted by Crippen LogP contribution is 2.30. The lowest BCUT2D eigenvalue weighted by Crippen LogP contribution is -2.39. The summed E-state index contributed by atoms with van der Waals surface area (Å²) in [4.78, 5) is 29.9. The van der Waals surface area contributed by atoms with Crippen LogP contribution in [0.25, 0.3) is 0 Å². The Labute approximate surface area is 237 Å². The van der Waals surface area contributed by atoms with Gasteiger partial charge in [0.15, 0.2) is 5.11 Å². The highest BCUT2D eigenvalue weighted by Gasteiger charge is 2.44. The molecule has 0 aliphatic carbocycles. The van der Waals surface area contributed by atoms with Crippen LogP contribution < -0.4 is 19.7 Å². The van der Waals surface area contributed by atoms with Crippen LogP contribution in [0.15, 0.2) is 66.7 Å². The number of amides is 2. The van der Waals surface area contributed by atoms with Gasteiger partial charge >= 0.3 is 0 Å². The fourth-order valence-corrected chi connectivity index (χ4v) is 5.13. The minimum atomic E-state index is -0.779. The number of hydrogen-bond donors (Lipinski definition) is 1. The first kappa shape index (κ1) is 27.7. The van der Waals surface area contributed by atoms with E-state index in [2.05, 4.69) is 5.32 Å². The summed E-state index contributed by atoms with van der Waals surface area (Å²) in [6.07, 6.45) is 0.435. The quantitative estimate of drug-likeness (QED) is 0.302. The lowest BCUT2D eigenvalue weighted by molar-refractivity contribution is -0.124. The van der Waals surface area contributed by atoms with Crippen molar-refractivity contribution >= 4 is 63.7 Å². The molecule has 0 aromatic heterocycles. The third-order valence-electron chi connectivity index (χ3n) is 6.11. The van der Waals surface area contributed by atoms with Crippen LogP contribution >= 0.6 is 35.4 Å². The molecule has 1 saturated heterocycles. The maximum Gasteiger partial charge on any atom is 0.256 e. The number of ether oxygens (including phenoxy) is 2. The number of benzene rings is 3.